The summed E-state index contributed by atoms with van der Waals surface area (Å²) in [5.41, 5.74) is 3.50. The molecule has 0 aromatic heterocycles. The first-order valence-corrected chi connectivity index (χ1v) is 5.57. The highest BCUT2D eigenvalue weighted by Gasteiger charge is 2.19. The smallest absolute Gasteiger partial charge is 0.0963 e. The molecule has 0 saturated carbocycles. The maximum atomic E-state index is 10.0. The quantitative estimate of drug-likeness (QED) is 0.770. The van der Waals surface area contributed by atoms with Gasteiger partial charge in [-0.05, 0) is 33.3 Å². The highest BCUT2D eigenvalue weighted by atomic mass is 16.7. The van der Waals surface area contributed by atoms with Crippen LogP contribution in [0.5, 0.6) is 0 Å². The molecule has 0 spiro atoms. The molecular formula is C13H21NO2. The minimum atomic E-state index is -0.566. The van der Waals surface area contributed by atoms with Crippen LogP contribution in [0.1, 0.15) is 39.4 Å². The van der Waals surface area contributed by atoms with Crippen molar-refractivity contribution in [3.05, 3.63) is 35.9 Å². The number of hydrogen-bond donors (Lipinski definition) is 2. The van der Waals surface area contributed by atoms with Crippen LogP contribution in [0.4, 0.5) is 0 Å². The summed E-state index contributed by atoms with van der Waals surface area (Å²) in [6, 6.07) is 9.41. The Morgan fingerprint density at radius 1 is 1.19 bits per heavy atom. The molecule has 3 heteroatoms. The van der Waals surface area contributed by atoms with E-state index in [4.69, 9.17) is 4.84 Å². The largest absolute Gasteiger partial charge is 0.387 e. The molecule has 1 aromatic rings. The molecular weight excluding hydrogens is 202 g/mol. The summed E-state index contributed by atoms with van der Waals surface area (Å²) >= 11 is 0. The lowest BCUT2D eigenvalue weighted by molar-refractivity contribution is -0.103. The van der Waals surface area contributed by atoms with Crippen molar-refractivity contribution in [1.29, 1.82) is 0 Å². The highest BCUT2D eigenvalue weighted by molar-refractivity contribution is 5.18. The van der Waals surface area contributed by atoms with Crippen LogP contribution in [0.3, 0.4) is 0 Å². The Morgan fingerprint density at radius 3 is 2.25 bits per heavy atom. The number of aliphatic hydroxyl groups is 1. The van der Waals surface area contributed by atoms with E-state index >= 15 is 0 Å². The minimum absolute atomic E-state index is 0.151. The second kappa shape index (κ2) is 5.43. The lowest BCUT2D eigenvalue weighted by atomic mass is 10.0. The number of rotatable bonds is 4. The summed E-state index contributed by atoms with van der Waals surface area (Å²) in [6.07, 6.45) is -0.566. The van der Waals surface area contributed by atoms with Gasteiger partial charge in [0.1, 0.15) is 0 Å². The van der Waals surface area contributed by atoms with Gasteiger partial charge in [0.25, 0.3) is 0 Å². The fourth-order valence-corrected chi connectivity index (χ4v) is 1.27. The van der Waals surface area contributed by atoms with E-state index in [0.29, 0.717) is 0 Å². The Bertz CT molecular complexity index is 305. The predicted octanol–water partition coefficient (Wildman–Crippen LogP) is 2.43. The van der Waals surface area contributed by atoms with Gasteiger partial charge in [0.15, 0.2) is 0 Å². The molecule has 16 heavy (non-hydrogen) atoms. The Kier molecular flexibility index (Phi) is 4.47. The Balaban J connectivity index is 2.52. The maximum absolute atomic E-state index is 10.0. The lowest BCUT2D eigenvalue weighted by Gasteiger charge is -2.26. The van der Waals surface area contributed by atoms with Crippen molar-refractivity contribution in [3.63, 3.8) is 0 Å². The van der Waals surface area contributed by atoms with Crippen molar-refractivity contribution in [2.24, 2.45) is 0 Å². The molecule has 3 nitrogen and oxygen atoms in total. The van der Waals surface area contributed by atoms with Crippen LogP contribution in [0.2, 0.25) is 0 Å². The zero-order valence-corrected chi connectivity index (χ0v) is 10.4. The van der Waals surface area contributed by atoms with Crippen molar-refractivity contribution in [1.82, 2.24) is 5.48 Å². The average molecular weight is 223 g/mol. The third-order valence-electron chi connectivity index (χ3n) is 2.17. The maximum Gasteiger partial charge on any atom is 0.0963 e. The van der Waals surface area contributed by atoms with Gasteiger partial charge < -0.3 is 5.11 Å². The monoisotopic (exact) mass is 223 g/mol. The Hall–Kier alpha value is -0.900. The summed E-state index contributed by atoms with van der Waals surface area (Å²) < 4.78 is 0. The molecule has 2 N–H and O–H groups in total. The molecule has 0 aliphatic rings. The van der Waals surface area contributed by atoms with Crippen LogP contribution in [0.25, 0.3) is 0 Å². The average Bonchev–Trinajstić information content (AvgIpc) is 2.25. The number of benzene rings is 1. The number of nitrogens with one attached hydrogen (secondary N) is 1. The second-order valence-corrected chi connectivity index (χ2v) is 4.98. The third-order valence-corrected chi connectivity index (χ3v) is 2.17. The molecule has 0 aliphatic carbocycles. The van der Waals surface area contributed by atoms with Crippen molar-refractivity contribution in [3.8, 4) is 0 Å². The SMILES string of the molecule is C[C@@H](NOC(C)(C)C)[C@@H](O)c1ccccc1. The molecule has 0 aliphatic heterocycles. The van der Waals surface area contributed by atoms with E-state index in [1.807, 2.05) is 58.0 Å². The number of aliphatic hydroxyl groups excluding tert-OH is 1. The summed E-state index contributed by atoms with van der Waals surface area (Å²) in [7, 11) is 0. The van der Waals surface area contributed by atoms with E-state index in [1.165, 1.54) is 0 Å². The van der Waals surface area contributed by atoms with Gasteiger partial charge in [0.2, 0.25) is 0 Å². The van der Waals surface area contributed by atoms with Gasteiger partial charge in [0, 0.05) is 0 Å². The van der Waals surface area contributed by atoms with Gasteiger partial charge in [-0.25, -0.2) is 0 Å². The van der Waals surface area contributed by atoms with Crippen LogP contribution in [0.15, 0.2) is 30.3 Å². The summed E-state index contributed by atoms with van der Waals surface area (Å²) in [5, 5.41) is 10.0. The van der Waals surface area contributed by atoms with Gasteiger partial charge in [-0.15, -0.1) is 0 Å². The Morgan fingerprint density at radius 2 is 1.75 bits per heavy atom. The van der Waals surface area contributed by atoms with Crippen molar-refractivity contribution in [2.75, 3.05) is 0 Å². The summed E-state index contributed by atoms with van der Waals surface area (Å²) in [6.45, 7) is 7.77. The molecule has 1 aromatic carbocycles. The van der Waals surface area contributed by atoms with Gasteiger partial charge in [-0.3, -0.25) is 4.84 Å². The van der Waals surface area contributed by atoms with Crippen LogP contribution in [0, 0.1) is 0 Å². The fraction of sp³-hybridized carbons (Fsp3) is 0.538. The first-order valence-electron chi connectivity index (χ1n) is 5.57. The van der Waals surface area contributed by atoms with Crippen molar-refractivity contribution >= 4 is 0 Å². The molecule has 0 unspecified atom stereocenters. The molecule has 0 amide bonds. The molecule has 0 fully saturated rings. The molecule has 90 valence electrons. The molecule has 0 heterocycles. The first-order chi connectivity index (χ1) is 7.40. The molecule has 2 atom stereocenters. The van der Waals surface area contributed by atoms with E-state index in [1.54, 1.807) is 0 Å². The van der Waals surface area contributed by atoms with Gasteiger partial charge in [-0.2, -0.15) is 5.48 Å². The van der Waals surface area contributed by atoms with Crippen LogP contribution < -0.4 is 5.48 Å². The van der Waals surface area contributed by atoms with Crippen LogP contribution in [-0.4, -0.2) is 16.7 Å². The van der Waals surface area contributed by atoms with Crippen LogP contribution in [-0.2, 0) is 4.84 Å². The summed E-state index contributed by atoms with van der Waals surface area (Å²) in [5.74, 6) is 0. The zero-order chi connectivity index (χ0) is 12.2. The zero-order valence-electron chi connectivity index (χ0n) is 10.4. The highest BCUT2D eigenvalue weighted by Crippen LogP contribution is 2.17. The van der Waals surface area contributed by atoms with Crippen molar-refractivity contribution < 1.29 is 9.94 Å². The topological polar surface area (TPSA) is 41.5 Å². The van der Waals surface area contributed by atoms with Gasteiger partial charge in [-0.1, -0.05) is 30.3 Å². The van der Waals surface area contributed by atoms with E-state index in [9.17, 15) is 5.11 Å². The van der Waals surface area contributed by atoms with E-state index < -0.39 is 6.10 Å². The van der Waals surface area contributed by atoms with Crippen molar-refractivity contribution in [2.45, 2.75) is 45.4 Å². The predicted molar refractivity (Wildman–Crippen MR) is 64.8 cm³/mol. The first kappa shape index (κ1) is 13.2. The standard InChI is InChI=1S/C13H21NO2/c1-10(14-16-13(2,3)4)12(15)11-8-6-5-7-9-11/h5-10,12,14-15H,1-4H3/t10-,12-/m1/s1. The molecule has 1 rings (SSSR count). The number of hydroxylamine groups is 1. The van der Waals surface area contributed by atoms with Gasteiger partial charge >= 0.3 is 0 Å². The molecule has 0 bridgehead atoms. The summed E-state index contributed by atoms with van der Waals surface area (Å²) in [4.78, 5) is 5.42. The lowest BCUT2D eigenvalue weighted by Crippen LogP contribution is -2.38. The fourth-order valence-electron chi connectivity index (χ4n) is 1.27. The minimum Gasteiger partial charge on any atom is -0.387 e. The molecule has 0 radical (unpaired) electrons. The van der Waals surface area contributed by atoms with Gasteiger partial charge in [0.05, 0.1) is 17.7 Å². The second-order valence-electron chi connectivity index (χ2n) is 4.98. The van der Waals surface area contributed by atoms with E-state index in [2.05, 4.69) is 5.48 Å². The van der Waals surface area contributed by atoms with Crippen LogP contribution >= 0.6 is 0 Å². The Labute approximate surface area is 97.4 Å². The normalized spacial score (nSPS) is 15.8. The van der Waals surface area contributed by atoms with E-state index in [-0.39, 0.29) is 11.6 Å². The van der Waals surface area contributed by atoms with E-state index in [0.717, 1.165) is 5.56 Å². The number of hydrogen-bond acceptors (Lipinski definition) is 3. The molecule has 0 saturated heterocycles. The third kappa shape index (κ3) is 4.31.